The zero-order valence-electron chi connectivity index (χ0n) is 8.65. The summed E-state index contributed by atoms with van der Waals surface area (Å²) in [6, 6.07) is 9.62. The molecule has 0 atom stereocenters. The van der Waals surface area contributed by atoms with Gasteiger partial charge in [-0.25, -0.2) is 0 Å². The van der Waals surface area contributed by atoms with Crippen LogP contribution < -0.4 is 0 Å². The third-order valence-electron chi connectivity index (χ3n) is 2.34. The topological polar surface area (TPSA) is 62.1 Å². The van der Waals surface area contributed by atoms with Crippen molar-refractivity contribution in [2.24, 2.45) is 0 Å². The molecule has 3 rings (SSSR count). The lowest BCUT2D eigenvalue weighted by atomic mass is 10.3. The van der Waals surface area contributed by atoms with Gasteiger partial charge in [-0.2, -0.15) is 4.68 Å². The molecular weight excluding hydrogens is 208 g/mol. The summed E-state index contributed by atoms with van der Waals surface area (Å²) in [6.07, 6.45) is -0.656. The van der Waals surface area contributed by atoms with E-state index in [1.54, 1.807) is 4.68 Å². The number of rotatable bonds is 2. The lowest BCUT2D eigenvalue weighted by Crippen LogP contribution is -2.33. The molecule has 0 bridgehead atoms. The first-order chi connectivity index (χ1) is 7.84. The maximum Gasteiger partial charge on any atom is 0.225 e. The van der Waals surface area contributed by atoms with E-state index in [1.807, 2.05) is 37.3 Å². The van der Waals surface area contributed by atoms with Gasteiger partial charge in [0, 0.05) is 0 Å². The molecule has 0 saturated carbocycles. The lowest BCUT2D eigenvalue weighted by Gasteiger charge is -2.32. The Morgan fingerprint density at radius 2 is 1.94 bits per heavy atom. The van der Waals surface area contributed by atoms with Gasteiger partial charge in [0.05, 0.1) is 5.69 Å². The van der Waals surface area contributed by atoms with E-state index in [0.29, 0.717) is 5.82 Å². The van der Waals surface area contributed by atoms with Crippen LogP contribution in [0.2, 0.25) is 0 Å². The van der Waals surface area contributed by atoms with Crippen LogP contribution in [0.5, 0.6) is 0 Å². The zero-order valence-corrected chi connectivity index (χ0v) is 8.65. The van der Waals surface area contributed by atoms with Crippen molar-refractivity contribution in [2.45, 2.75) is 19.5 Å². The SMILES string of the molecule is CC1OC(c2nnnn2-c2ccccc2)O1. The second-order valence-corrected chi connectivity index (χ2v) is 3.46. The first kappa shape index (κ1) is 9.44. The van der Waals surface area contributed by atoms with Gasteiger partial charge in [0.2, 0.25) is 12.1 Å². The van der Waals surface area contributed by atoms with E-state index in [0.717, 1.165) is 5.69 Å². The Labute approximate surface area is 91.8 Å². The molecular formula is C10H10N4O2. The summed E-state index contributed by atoms with van der Waals surface area (Å²) >= 11 is 0. The Kier molecular flexibility index (Phi) is 2.16. The Balaban J connectivity index is 1.94. The van der Waals surface area contributed by atoms with Gasteiger partial charge in [0.15, 0.2) is 6.29 Å². The Morgan fingerprint density at radius 1 is 1.19 bits per heavy atom. The standard InChI is InChI=1S/C10H10N4O2/c1-7-15-10(16-7)9-11-12-13-14(9)8-5-3-2-4-6-8/h2-7,10H,1H3. The van der Waals surface area contributed by atoms with E-state index in [2.05, 4.69) is 15.5 Å². The molecule has 6 nitrogen and oxygen atoms in total. The molecule has 1 aliphatic heterocycles. The fraction of sp³-hybridized carbons (Fsp3) is 0.300. The van der Waals surface area contributed by atoms with Crippen LogP contribution in [0.15, 0.2) is 30.3 Å². The molecule has 16 heavy (non-hydrogen) atoms. The molecule has 1 aromatic heterocycles. The molecule has 0 amide bonds. The highest BCUT2D eigenvalue weighted by molar-refractivity contribution is 5.30. The molecule has 6 heteroatoms. The predicted octanol–water partition coefficient (Wildman–Crippen LogP) is 1.05. The molecule has 1 fully saturated rings. The van der Waals surface area contributed by atoms with Gasteiger partial charge in [-0.1, -0.05) is 18.2 Å². The summed E-state index contributed by atoms with van der Waals surface area (Å²) in [7, 11) is 0. The van der Waals surface area contributed by atoms with Crippen molar-refractivity contribution in [1.82, 2.24) is 20.2 Å². The Hall–Kier alpha value is -1.79. The van der Waals surface area contributed by atoms with Crippen molar-refractivity contribution in [3.05, 3.63) is 36.2 Å². The minimum absolute atomic E-state index is 0.189. The highest BCUT2D eigenvalue weighted by atomic mass is 16.9. The normalized spacial score (nSPS) is 24.1. The Bertz CT molecular complexity index is 479. The number of para-hydroxylation sites is 1. The van der Waals surface area contributed by atoms with Crippen molar-refractivity contribution in [2.75, 3.05) is 0 Å². The van der Waals surface area contributed by atoms with Gasteiger partial charge in [0.1, 0.15) is 0 Å². The zero-order chi connectivity index (χ0) is 11.0. The van der Waals surface area contributed by atoms with E-state index >= 15 is 0 Å². The van der Waals surface area contributed by atoms with Crippen molar-refractivity contribution >= 4 is 0 Å². The van der Waals surface area contributed by atoms with Gasteiger partial charge in [-0.3, -0.25) is 0 Å². The van der Waals surface area contributed by atoms with Gasteiger partial charge >= 0.3 is 0 Å². The van der Waals surface area contributed by atoms with Crippen LogP contribution in [0.25, 0.3) is 5.69 Å². The molecule has 82 valence electrons. The molecule has 0 N–H and O–H groups in total. The number of benzene rings is 1. The molecule has 0 spiro atoms. The third kappa shape index (κ3) is 1.48. The largest absolute Gasteiger partial charge is 0.316 e. The third-order valence-corrected chi connectivity index (χ3v) is 2.34. The van der Waals surface area contributed by atoms with Crippen molar-refractivity contribution < 1.29 is 9.47 Å². The summed E-state index contributed by atoms with van der Waals surface area (Å²) in [6.45, 7) is 1.83. The summed E-state index contributed by atoms with van der Waals surface area (Å²) < 4.78 is 12.3. The number of aromatic nitrogens is 4. The number of hydrogen-bond acceptors (Lipinski definition) is 5. The maximum absolute atomic E-state index is 5.36. The number of tetrazole rings is 1. The average molecular weight is 218 g/mol. The molecule has 2 aromatic rings. The highest BCUT2D eigenvalue weighted by Crippen LogP contribution is 2.30. The van der Waals surface area contributed by atoms with Gasteiger partial charge in [0.25, 0.3) is 0 Å². The fourth-order valence-electron chi connectivity index (χ4n) is 1.57. The lowest BCUT2D eigenvalue weighted by molar-refractivity contribution is -0.385. The molecule has 0 aliphatic carbocycles. The predicted molar refractivity (Wildman–Crippen MR) is 53.5 cm³/mol. The van der Waals surface area contributed by atoms with Gasteiger partial charge < -0.3 is 9.47 Å². The average Bonchev–Trinajstić information content (AvgIpc) is 2.74. The van der Waals surface area contributed by atoms with Crippen LogP contribution in [0, 0.1) is 0 Å². The minimum atomic E-state index is -0.467. The van der Waals surface area contributed by atoms with E-state index in [-0.39, 0.29) is 6.29 Å². The second-order valence-electron chi connectivity index (χ2n) is 3.46. The summed E-state index contributed by atoms with van der Waals surface area (Å²) in [5.41, 5.74) is 0.884. The van der Waals surface area contributed by atoms with E-state index < -0.39 is 6.29 Å². The molecule has 2 heterocycles. The fourth-order valence-corrected chi connectivity index (χ4v) is 1.57. The van der Waals surface area contributed by atoms with Crippen LogP contribution in [0.3, 0.4) is 0 Å². The Morgan fingerprint density at radius 3 is 2.62 bits per heavy atom. The van der Waals surface area contributed by atoms with Crippen LogP contribution in [0.4, 0.5) is 0 Å². The van der Waals surface area contributed by atoms with Crippen LogP contribution in [0.1, 0.15) is 19.0 Å². The van der Waals surface area contributed by atoms with E-state index in [9.17, 15) is 0 Å². The molecule has 0 unspecified atom stereocenters. The molecule has 1 saturated heterocycles. The van der Waals surface area contributed by atoms with Gasteiger partial charge in [-0.15, -0.1) is 5.10 Å². The van der Waals surface area contributed by atoms with Crippen LogP contribution in [-0.2, 0) is 9.47 Å². The van der Waals surface area contributed by atoms with Crippen molar-refractivity contribution in [3.63, 3.8) is 0 Å². The van der Waals surface area contributed by atoms with Gasteiger partial charge in [-0.05, 0) is 29.5 Å². The molecule has 1 aromatic carbocycles. The quantitative estimate of drug-likeness (QED) is 0.754. The number of ether oxygens (including phenoxy) is 2. The second kappa shape index (κ2) is 3.66. The smallest absolute Gasteiger partial charge is 0.225 e. The first-order valence-corrected chi connectivity index (χ1v) is 4.99. The first-order valence-electron chi connectivity index (χ1n) is 4.99. The molecule has 1 aliphatic rings. The van der Waals surface area contributed by atoms with Crippen LogP contribution in [-0.4, -0.2) is 26.5 Å². The number of nitrogens with zero attached hydrogens (tertiary/aromatic N) is 4. The summed E-state index contributed by atoms with van der Waals surface area (Å²) in [4.78, 5) is 0. The van der Waals surface area contributed by atoms with Crippen molar-refractivity contribution in [1.29, 1.82) is 0 Å². The van der Waals surface area contributed by atoms with E-state index in [1.165, 1.54) is 0 Å². The number of hydrogen-bond donors (Lipinski definition) is 0. The summed E-state index contributed by atoms with van der Waals surface area (Å²) in [5.74, 6) is 0.560. The highest BCUT2D eigenvalue weighted by Gasteiger charge is 2.33. The maximum atomic E-state index is 5.36. The minimum Gasteiger partial charge on any atom is -0.316 e. The summed E-state index contributed by atoms with van der Waals surface area (Å²) in [5, 5.41) is 11.4. The molecule has 0 radical (unpaired) electrons. The van der Waals surface area contributed by atoms with E-state index in [4.69, 9.17) is 9.47 Å². The van der Waals surface area contributed by atoms with Crippen LogP contribution >= 0.6 is 0 Å². The monoisotopic (exact) mass is 218 g/mol. The van der Waals surface area contributed by atoms with Crippen molar-refractivity contribution in [3.8, 4) is 5.69 Å².